The topological polar surface area (TPSA) is 203 Å². The number of rotatable bonds is 5. The zero-order valence-corrected chi connectivity index (χ0v) is 12.8. The van der Waals surface area contributed by atoms with Gasteiger partial charge in [-0.15, -0.1) is 15.0 Å². The smallest absolute Gasteiger partial charge is 0.258 e. The Labute approximate surface area is 146 Å². The number of nitro benzene ring substituents is 4. The first-order valence-corrected chi connectivity index (χ1v) is 6.82. The highest BCUT2D eigenvalue weighted by Crippen LogP contribution is 2.36. The Morgan fingerprint density at radius 1 is 0.667 bits per heavy atom. The molecule has 0 radical (unpaired) electrons. The number of aromatic nitrogens is 3. The van der Waals surface area contributed by atoms with Crippen molar-refractivity contribution in [3.63, 3.8) is 0 Å². The van der Waals surface area contributed by atoms with Crippen LogP contribution in [0.4, 0.5) is 22.7 Å². The molecule has 0 aliphatic carbocycles. The van der Waals surface area contributed by atoms with Crippen LogP contribution in [0.2, 0.25) is 0 Å². The van der Waals surface area contributed by atoms with Gasteiger partial charge in [-0.2, -0.15) is 0 Å². The Morgan fingerprint density at radius 3 is 1.67 bits per heavy atom. The van der Waals surface area contributed by atoms with Gasteiger partial charge < -0.3 is 0 Å². The first kappa shape index (κ1) is 17.3. The third-order valence-corrected chi connectivity index (χ3v) is 3.43. The van der Waals surface area contributed by atoms with Gasteiger partial charge in [0, 0.05) is 12.1 Å². The average molecular weight is 375 g/mol. The Balaban J connectivity index is 2.33. The molecule has 0 saturated carbocycles. The van der Waals surface area contributed by atoms with Gasteiger partial charge in [-0.3, -0.25) is 40.5 Å². The lowest BCUT2D eigenvalue weighted by Crippen LogP contribution is -2.08. The molecule has 136 valence electrons. The highest BCUT2D eigenvalue weighted by Gasteiger charge is 2.33. The molecule has 15 nitrogen and oxygen atoms in total. The van der Waals surface area contributed by atoms with Gasteiger partial charge >= 0.3 is 11.4 Å². The van der Waals surface area contributed by atoms with Crippen molar-refractivity contribution in [1.29, 1.82) is 0 Å². The zero-order valence-electron chi connectivity index (χ0n) is 12.8. The van der Waals surface area contributed by atoms with E-state index in [0.29, 0.717) is 16.9 Å². The number of non-ortho nitro benzene ring substituents is 2. The van der Waals surface area contributed by atoms with Gasteiger partial charge in [0.25, 0.3) is 11.4 Å². The van der Waals surface area contributed by atoms with E-state index in [2.05, 4.69) is 10.2 Å². The third kappa shape index (κ3) is 2.95. The molecule has 0 atom stereocenters. The van der Waals surface area contributed by atoms with Crippen molar-refractivity contribution in [2.45, 2.75) is 0 Å². The van der Waals surface area contributed by atoms with Gasteiger partial charge in [-0.25, -0.2) is 0 Å². The summed E-state index contributed by atoms with van der Waals surface area (Å²) in [4.78, 5) is 41.1. The van der Waals surface area contributed by atoms with E-state index in [4.69, 9.17) is 0 Å². The highest BCUT2D eigenvalue weighted by atomic mass is 16.6. The van der Waals surface area contributed by atoms with Gasteiger partial charge in [0.2, 0.25) is 5.69 Å². The maximum atomic E-state index is 11.3. The summed E-state index contributed by atoms with van der Waals surface area (Å²) in [6.07, 6.45) is 0. The Kier molecular flexibility index (Phi) is 3.88. The molecule has 0 aliphatic rings. The van der Waals surface area contributed by atoms with E-state index in [1.165, 1.54) is 6.07 Å². The van der Waals surface area contributed by atoms with Crippen LogP contribution in [0.25, 0.3) is 16.7 Å². The molecule has 27 heavy (non-hydrogen) atoms. The molecule has 15 heteroatoms. The minimum atomic E-state index is -1.05. The van der Waals surface area contributed by atoms with Gasteiger partial charge in [0.1, 0.15) is 11.0 Å². The van der Waals surface area contributed by atoms with Crippen LogP contribution in [0.5, 0.6) is 0 Å². The molecule has 0 saturated heterocycles. The largest absolute Gasteiger partial charge is 0.310 e. The van der Waals surface area contributed by atoms with Crippen LogP contribution in [0.1, 0.15) is 0 Å². The van der Waals surface area contributed by atoms with Crippen molar-refractivity contribution in [3.8, 4) is 5.69 Å². The lowest BCUT2D eigenvalue weighted by Gasteiger charge is -2.03. The van der Waals surface area contributed by atoms with Crippen LogP contribution in [0.3, 0.4) is 0 Å². The summed E-state index contributed by atoms with van der Waals surface area (Å²) >= 11 is 0. The van der Waals surface area contributed by atoms with Crippen LogP contribution in [0.15, 0.2) is 30.3 Å². The van der Waals surface area contributed by atoms with E-state index in [1.54, 1.807) is 0 Å². The second kappa shape index (κ2) is 6.06. The summed E-state index contributed by atoms with van der Waals surface area (Å²) in [5.74, 6) is 0. The van der Waals surface area contributed by atoms with Crippen molar-refractivity contribution in [1.82, 2.24) is 15.0 Å². The molecule has 0 N–H and O–H groups in total. The Hall–Kier alpha value is -4.56. The molecule has 1 aromatic heterocycles. The van der Waals surface area contributed by atoms with E-state index in [1.807, 2.05) is 0 Å². The van der Waals surface area contributed by atoms with E-state index in [0.717, 1.165) is 12.1 Å². The molecule has 3 aromatic rings. The predicted molar refractivity (Wildman–Crippen MR) is 85.5 cm³/mol. The van der Waals surface area contributed by atoms with Crippen molar-refractivity contribution in [3.05, 3.63) is 70.8 Å². The lowest BCUT2D eigenvalue weighted by molar-refractivity contribution is -0.402. The lowest BCUT2D eigenvalue weighted by atomic mass is 10.2. The van der Waals surface area contributed by atoms with Crippen LogP contribution in [-0.4, -0.2) is 34.7 Å². The molecular formula is C12H5N7O8. The number of hydrogen-bond acceptors (Lipinski definition) is 10. The monoisotopic (exact) mass is 375 g/mol. The summed E-state index contributed by atoms with van der Waals surface area (Å²) in [7, 11) is 0. The molecular weight excluding hydrogens is 370 g/mol. The van der Waals surface area contributed by atoms with E-state index in [-0.39, 0.29) is 16.7 Å². The summed E-state index contributed by atoms with van der Waals surface area (Å²) < 4.78 is 0. The summed E-state index contributed by atoms with van der Waals surface area (Å²) in [5, 5.41) is 52.0. The third-order valence-electron chi connectivity index (χ3n) is 3.43. The minimum absolute atomic E-state index is 0.0499. The second-order valence-corrected chi connectivity index (χ2v) is 5.02. The predicted octanol–water partition coefficient (Wildman–Crippen LogP) is 2.05. The molecule has 0 amide bonds. The van der Waals surface area contributed by atoms with Gasteiger partial charge in [0.15, 0.2) is 0 Å². The highest BCUT2D eigenvalue weighted by molar-refractivity contribution is 5.78. The number of nitro groups is 4. The van der Waals surface area contributed by atoms with Crippen molar-refractivity contribution >= 4 is 33.8 Å². The van der Waals surface area contributed by atoms with Crippen molar-refractivity contribution < 1.29 is 19.7 Å². The fourth-order valence-corrected chi connectivity index (χ4v) is 2.29. The number of hydrogen-bond donors (Lipinski definition) is 0. The number of nitrogens with zero attached hydrogens (tertiary/aromatic N) is 7. The van der Waals surface area contributed by atoms with Crippen LogP contribution < -0.4 is 0 Å². The molecule has 3 rings (SSSR count). The Bertz CT molecular complexity index is 1120. The molecule has 1 heterocycles. The van der Waals surface area contributed by atoms with Crippen molar-refractivity contribution in [2.24, 2.45) is 0 Å². The van der Waals surface area contributed by atoms with Crippen LogP contribution >= 0.6 is 0 Å². The van der Waals surface area contributed by atoms with Gasteiger partial charge in [-0.05, 0) is 6.07 Å². The molecule has 0 unspecified atom stereocenters. The SMILES string of the molecule is O=[N+]([O-])c1cc([N+](=O)[O-])c(-n2nc3ccc([N+](=O)[O-])cc3n2)c([N+](=O)[O-])c1. The fourth-order valence-electron chi connectivity index (χ4n) is 2.29. The van der Waals surface area contributed by atoms with Gasteiger partial charge in [-0.1, -0.05) is 0 Å². The molecule has 0 bridgehead atoms. The van der Waals surface area contributed by atoms with E-state index in [9.17, 15) is 40.5 Å². The van der Waals surface area contributed by atoms with Crippen molar-refractivity contribution in [2.75, 3.05) is 0 Å². The standard InChI is InChI=1S/C12H5N7O8/c20-16(21)6-1-2-8-9(3-6)14-15(13-8)12-10(18(24)25)4-7(17(22)23)5-11(12)19(26)27/h1-5H. The second-order valence-electron chi connectivity index (χ2n) is 5.02. The normalized spacial score (nSPS) is 10.7. The quantitative estimate of drug-likeness (QED) is 0.468. The van der Waals surface area contributed by atoms with E-state index < -0.39 is 42.4 Å². The van der Waals surface area contributed by atoms with Crippen LogP contribution in [-0.2, 0) is 0 Å². The first-order valence-electron chi connectivity index (χ1n) is 6.82. The summed E-state index contributed by atoms with van der Waals surface area (Å²) in [6.45, 7) is 0. The first-order chi connectivity index (χ1) is 12.7. The molecule has 2 aromatic carbocycles. The minimum Gasteiger partial charge on any atom is -0.258 e. The summed E-state index contributed by atoms with van der Waals surface area (Å²) in [5.41, 5.74) is -3.81. The number of benzene rings is 2. The summed E-state index contributed by atoms with van der Waals surface area (Å²) in [6, 6.07) is 4.43. The van der Waals surface area contributed by atoms with Crippen LogP contribution in [0, 0.1) is 40.5 Å². The number of fused-ring (bicyclic) bond motifs is 1. The van der Waals surface area contributed by atoms with E-state index >= 15 is 0 Å². The average Bonchev–Trinajstić information content (AvgIpc) is 3.02. The molecule has 0 aliphatic heterocycles. The maximum Gasteiger partial charge on any atom is 0.310 e. The fraction of sp³-hybridized carbons (Fsp3) is 0. The van der Waals surface area contributed by atoms with Gasteiger partial charge in [0.05, 0.1) is 31.8 Å². The Morgan fingerprint density at radius 2 is 1.19 bits per heavy atom. The molecule has 0 spiro atoms. The maximum absolute atomic E-state index is 11.3. The molecule has 0 fully saturated rings. The zero-order chi connectivity index (χ0) is 19.9.